The first-order chi connectivity index (χ1) is 12.9. The van der Waals surface area contributed by atoms with Crippen molar-refractivity contribution < 1.29 is 13.2 Å². The zero-order valence-electron chi connectivity index (χ0n) is 15.7. The third-order valence-electron chi connectivity index (χ3n) is 6.33. The Hall–Kier alpha value is -1.89. The molecule has 3 atom stereocenters. The summed E-state index contributed by atoms with van der Waals surface area (Å²) < 4.78 is 28.9. The summed E-state index contributed by atoms with van der Waals surface area (Å²) in [7, 11) is -1.86. The average molecular weight is 390 g/mol. The molecule has 7 heteroatoms. The van der Waals surface area contributed by atoms with E-state index in [1.807, 2.05) is 11.9 Å². The van der Waals surface area contributed by atoms with Crippen LogP contribution in [-0.2, 0) is 14.8 Å². The number of rotatable bonds is 5. The number of sulfonamides is 1. The lowest BCUT2D eigenvalue weighted by Gasteiger charge is -2.20. The highest BCUT2D eigenvalue weighted by atomic mass is 32.2. The van der Waals surface area contributed by atoms with Crippen LogP contribution in [-0.4, -0.2) is 38.7 Å². The van der Waals surface area contributed by atoms with Crippen molar-refractivity contribution in [1.29, 1.82) is 0 Å². The first-order valence-corrected chi connectivity index (χ1v) is 11.3. The van der Waals surface area contributed by atoms with E-state index < -0.39 is 10.0 Å². The number of hydrogen-bond acceptors (Lipinski definition) is 3. The van der Waals surface area contributed by atoms with Crippen molar-refractivity contribution in [1.82, 2.24) is 4.90 Å². The number of anilines is 1. The minimum Gasteiger partial charge on any atom is -0.362 e. The molecule has 2 saturated carbocycles. The van der Waals surface area contributed by atoms with Crippen molar-refractivity contribution in [3.8, 4) is 0 Å². The first-order valence-electron chi connectivity index (χ1n) is 9.85. The van der Waals surface area contributed by atoms with Crippen LogP contribution in [0, 0.1) is 17.8 Å². The van der Waals surface area contributed by atoms with Gasteiger partial charge in [0.15, 0.2) is 0 Å². The third-order valence-corrected chi connectivity index (χ3v) is 7.65. The van der Waals surface area contributed by atoms with E-state index >= 15 is 0 Å². The fourth-order valence-corrected chi connectivity index (χ4v) is 5.98. The highest BCUT2D eigenvalue weighted by Gasteiger charge is 2.40. The summed E-state index contributed by atoms with van der Waals surface area (Å²) in [5.74, 6) is 2.70. The van der Waals surface area contributed by atoms with E-state index in [-0.39, 0.29) is 10.8 Å². The maximum Gasteiger partial charge on any atom is 0.283 e. The summed E-state index contributed by atoms with van der Waals surface area (Å²) in [6.07, 6.45) is 7.27. The molecular formula is C20H27N3O3S. The second kappa shape index (κ2) is 7.26. The molecule has 1 saturated heterocycles. The fourth-order valence-electron chi connectivity index (χ4n) is 4.89. The molecule has 2 bridgehead atoms. The highest BCUT2D eigenvalue weighted by molar-refractivity contribution is 7.90. The molecule has 3 aliphatic rings. The van der Waals surface area contributed by atoms with E-state index in [0.29, 0.717) is 30.3 Å². The predicted molar refractivity (Wildman–Crippen MR) is 105 cm³/mol. The first kappa shape index (κ1) is 18.5. The largest absolute Gasteiger partial charge is 0.362 e. The number of amides is 1. The zero-order valence-corrected chi connectivity index (χ0v) is 16.5. The van der Waals surface area contributed by atoms with Crippen LogP contribution in [0.3, 0.4) is 0 Å². The van der Waals surface area contributed by atoms with Crippen LogP contribution in [0.2, 0.25) is 0 Å². The van der Waals surface area contributed by atoms with Crippen molar-refractivity contribution in [3.63, 3.8) is 0 Å². The third kappa shape index (κ3) is 4.03. The van der Waals surface area contributed by atoms with Crippen molar-refractivity contribution in [2.45, 2.75) is 49.8 Å². The molecule has 6 nitrogen and oxygen atoms in total. The number of carbonyl (C=O) groups is 1. The number of nitrogens with one attached hydrogen (secondary N) is 1. The Labute approximate surface area is 161 Å². The van der Waals surface area contributed by atoms with Gasteiger partial charge >= 0.3 is 0 Å². The van der Waals surface area contributed by atoms with Gasteiger partial charge in [0.05, 0.1) is 4.90 Å². The SMILES string of the molecule is CN1CCC/C1=N\S(=O)(=O)c1ccc(NC(=O)CC2CC3CCC2C3)cc1. The molecule has 1 aromatic rings. The minimum atomic E-state index is -3.71. The number of carbonyl (C=O) groups excluding carboxylic acids is 1. The lowest BCUT2D eigenvalue weighted by Crippen LogP contribution is -2.20. The molecule has 4 rings (SSSR count). The summed E-state index contributed by atoms with van der Waals surface area (Å²) in [4.78, 5) is 14.4. The van der Waals surface area contributed by atoms with Crippen LogP contribution in [0.4, 0.5) is 5.69 Å². The molecule has 3 unspecified atom stereocenters. The topological polar surface area (TPSA) is 78.8 Å². The second-order valence-corrected chi connectivity index (χ2v) is 9.82. The van der Waals surface area contributed by atoms with Gasteiger partial charge in [0.25, 0.3) is 10.0 Å². The van der Waals surface area contributed by atoms with Crippen LogP contribution >= 0.6 is 0 Å². The lowest BCUT2D eigenvalue weighted by molar-refractivity contribution is -0.117. The number of benzene rings is 1. The van der Waals surface area contributed by atoms with E-state index in [0.717, 1.165) is 24.8 Å². The Bertz CT molecular complexity index is 848. The van der Waals surface area contributed by atoms with E-state index in [2.05, 4.69) is 9.71 Å². The number of amidine groups is 1. The predicted octanol–water partition coefficient (Wildman–Crippen LogP) is 3.26. The second-order valence-electron chi connectivity index (χ2n) is 8.22. The normalized spacial score (nSPS) is 28.9. The average Bonchev–Trinajstić information content (AvgIpc) is 3.33. The van der Waals surface area contributed by atoms with Gasteiger partial charge in [-0.3, -0.25) is 4.79 Å². The Morgan fingerprint density at radius 2 is 2.00 bits per heavy atom. The van der Waals surface area contributed by atoms with E-state index in [1.54, 1.807) is 12.1 Å². The minimum absolute atomic E-state index is 0.0241. The molecule has 1 heterocycles. The van der Waals surface area contributed by atoms with Gasteiger partial charge in [0.1, 0.15) is 5.84 Å². The molecule has 0 aromatic heterocycles. The van der Waals surface area contributed by atoms with Crippen LogP contribution < -0.4 is 5.32 Å². The lowest BCUT2D eigenvalue weighted by atomic mass is 9.86. The molecule has 27 heavy (non-hydrogen) atoms. The van der Waals surface area contributed by atoms with Crippen LogP contribution in [0.15, 0.2) is 33.6 Å². The summed E-state index contributed by atoms with van der Waals surface area (Å²) in [6.45, 7) is 0.835. The number of nitrogens with zero attached hydrogens (tertiary/aromatic N) is 2. The smallest absolute Gasteiger partial charge is 0.283 e. The van der Waals surface area contributed by atoms with Gasteiger partial charge in [-0.15, -0.1) is 4.40 Å². The number of fused-ring (bicyclic) bond motifs is 2. The van der Waals surface area contributed by atoms with E-state index in [1.165, 1.54) is 37.8 Å². The van der Waals surface area contributed by atoms with Crippen LogP contribution in [0.25, 0.3) is 0 Å². The van der Waals surface area contributed by atoms with Gasteiger partial charge in [0.2, 0.25) is 5.91 Å². The van der Waals surface area contributed by atoms with Crippen LogP contribution in [0.1, 0.15) is 44.9 Å². The van der Waals surface area contributed by atoms with Gasteiger partial charge in [-0.2, -0.15) is 8.42 Å². The van der Waals surface area contributed by atoms with Gasteiger partial charge in [-0.25, -0.2) is 0 Å². The summed E-state index contributed by atoms with van der Waals surface area (Å²) in [6, 6.07) is 6.32. The van der Waals surface area contributed by atoms with Crippen molar-refractivity contribution in [3.05, 3.63) is 24.3 Å². The summed E-state index contributed by atoms with van der Waals surface area (Å²) in [5.41, 5.74) is 0.632. The highest BCUT2D eigenvalue weighted by Crippen LogP contribution is 2.49. The fraction of sp³-hybridized carbons (Fsp3) is 0.600. The Balaban J connectivity index is 1.38. The monoisotopic (exact) mass is 389 g/mol. The Kier molecular flexibility index (Phi) is 4.97. The quantitative estimate of drug-likeness (QED) is 0.838. The molecule has 146 valence electrons. The van der Waals surface area contributed by atoms with Gasteiger partial charge < -0.3 is 10.2 Å². The molecule has 1 aromatic carbocycles. The number of likely N-dealkylation sites (tertiary alicyclic amines) is 1. The van der Waals surface area contributed by atoms with Gasteiger partial charge in [0, 0.05) is 32.1 Å². The summed E-state index contributed by atoms with van der Waals surface area (Å²) in [5, 5.41) is 2.91. The standard InChI is InChI=1S/C20H27N3O3S/c1-23-10-2-3-19(23)22-27(25,26)18-8-6-17(7-9-18)21-20(24)13-16-12-14-4-5-15(16)11-14/h6-9,14-16H,2-5,10-13H2,1H3,(H,21,24)/b22-19+. The molecule has 0 spiro atoms. The van der Waals surface area contributed by atoms with Crippen molar-refractivity contribution in [2.24, 2.45) is 22.2 Å². The Morgan fingerprint density at radius 3 is 2.59 bits per heavy atom. The molecule has 1 N–H and O–H groups in total. The Morgan fingerprint density at radius 1 is 1.22 bits per heavy atom. The maximum atomic E-state index is 12.5. The van der Waals surface area contributed by atoms with E-state index in [4.69, 9.17) is 0 Å². The van der Waals surface area contributed by atoms with E-state index in [9.17, 15) is 13.2 Å². The van der Waals surface area contributed by atoms with Crippen molar-refractivity contribution in [2.75, 3.05) is 18.9 Å². The maximum absolute atomic E-state index is 12.5. The molecule has 1 aliphatic heterocycles. The van der Waals surface area contributed by atoms with Gasteiger partial charge in [-0.1, -0.05) is 6.42 Å². The molecular weight excluding hydrogens is 362 g/mol. The summed E-state index contributed by atoms with van der Waals surface area (Å²) >= 11 is 0. The zero-order chi connectivity index (χ0) is 19.0. The molecule has 1 amide bonds. The van der Waals surface area contributed by atoms with Gasteiger partial charge in [-0.05, 0) is 67.7 Å². The van der Waals surface area contributed by atoms with Crippen molar-refractivity contribution >= 4 is 27.5 Å². The molecule has 3 fully saturated rings. The number of hydrogen-bond donors (Lipinski definition) is 1. The molecule has 2 aliphatic carbocycles. The van der Waals surface area contributed by atoms with Crippen LogP contribution in [0.5, 0.6) is 0 Å². The molecule has 0 radical (unpaired) electrons.